The molecule has 6 rings (SSSR count). The fourth-order valence-corrected chi connectivity index (χ4v) is 6.22. The summed E-state index contributed by atoms with van der Waals surface area (Å²) in [4.78, 5) is 28.1. The number of carbonyl (C=O) groups is 1. The lowest BCUT2D eigenvalue weighted by atomic mass is 9.98. The molecule has 3 N–H and O–H groups in total. The highest BCUT2D eigenvalue weighted by Gasteiger charge is 2.24. The Morgan fingerprint density at radius 1 is 0.900 bits per heavy atom. The quantitative estimate of drug-likeness (QED) is 0.214. The van der Waals surface area contributed by atoms with E-state index in [0.29, 0.717) is 37.4 Å². The molecule has 0 atom stereocenters. The zero-order valence-corrected chi connectivity index (χ0v) is 23.2. The molecule has 8 nitrogen and oxygen atoms in total. The molecule has 0 unspecified atom stereocenters. The first-order chi connectivity index (χ1) is 19.6. The van der Waals surface area contributed by atoms with Crippen LogP contribution in [0.15, 0.2) is 84.5 Å². The van der Waals surface area contributed by atoms with Crippen molar-refractivity contribution < 1.29 is 14.3 Å². The van der Waals surface area contributed by atoms with E-state index in [1.54, 1.807) is 26.6 Å². The van der Waals surface area contributed by atoms with Crippen LogP contribution in [0.5, 0.6) is 11.5 Å². The van der Waals surface area contributed by atoms with Gasteiger partial charge in [0.15, 0.2) is 16.6 Å². The average Bonchev–Trinajstić information content (AvgIpc) is 3.61. The second-order valence-electron chi connectivity index (χ2n) is 8.72. The van der Waals surface area contributed by atoms with Crippen LogP contribution in [0.2, 0.25) is 0 Å². The monoisotopic (exact) mass is 565 g/mol. The van der Waals surface area contributed by atoms with E-state index in [-0.39, 0.29) is 5.91 Å². The lowest BCUT2D eigenvalue weighted by Crippen LogP contribution is -2.11. The Balaban J connectivity index is 1.47. The van der Waals surface area contributed by atoms with Crippen molar-refractivity contribution in [3.8, 4) is 45.1 Å². The summed E-state index contributed by atoms with van der Waals surface area (Å²) in [5, 5.41) is 5.92. The average molecular weight is 566 g/mol. The molecule has 4 heterocycles. The molecule has 0 radical (unpaired) electrons. The minimum atomic E-state index is -0.350. The van der Waals surface area contributed by atoms with Crippen molar-refractivity contribution in [1.29, 1.82) is 0 Å². The third kappa shape index (κ3) is 4.63. The highest BCUT2D eigenvalue weighted by atomic mass is 32.1. The SMILES string of the molecule is COc1cccc(-c2cc(-c3ccccc3)nc3sc(C(=O)Nc4nc(-c5cccnc5)cs4)c(N)c23)c1OC. The number of thiophene rings is 1. The molecule has 0 saturated carbocycles. The van der Waals surface area contributed by atoms with Crippen LogP contribution in [0.3, 0.4) is 0 Å². The maximum absolute atomic E-state index is 13.5. The minimum absolute atomic E-state index is 0.341. The molecule has 0 bridgehead atoms. The number of carbonyl (C=O) groups excluding carboxylic acids is 1. The number of pyridine rings is 2. The molecule has 2 aromatic carbocycles. The number of thiazole rings is 1. The summed E-state index contributed by atoms with van der Waals surface area (Å²) in [5.41, 5.74) is 11.9. The van der Waals surface area contributed by atoms with Gasteiger partial charge in [0.2, 0.25) is 0 Å². The molecular formula is C30H23N5O3S2. The first kappa shape index (κ1) is 25.5. The summed E-state index contributed by atoms with van der Waals surface area (Å²) in [7, 11) is 3.19. The van der Waals surface area contributed by atoms with E-state index in [2.05, 4.69) is 15.3 Å². The van der Waals surface area contributed by atoms with Crippen molar-refractivity contribution in [2.75, 3.05) is 25.3 Å². The van der Waals surface area contributed by atoms with Gasteiger partial charge < -0.3 is 15.2 Å². The molecule has 0 aliphatic rings. The van der Waals surface area contributed by atoms with E-state index >= 15 is 0 Å². The molecule has 0 aliphatic carbocycles. The summed E-state index contributed by atoms with van der Waals surface area (Å²) < 4.78 is 11.3. The second-order valence-corrected chi connectivity index (χ2v) is 10.6. The number of methoxy groups -OCH3 is 2. The molecule has 4 aromatic heterocycles. The topological polar surface area (TPSA) is 112 Å². The zero-order chi connectivity index (χ0) is 27.6. The van der Waals surface area contributed by atoms with E-state index in [9.17, 15) is 4.79 Å². The van der Waals surface area contributed by atoms with Crippen molar-refractivity contribution in [3.05, 3.63) is 89.4 Å². The number of fused-ring (bicyclic) bond motifs is 1. The molecule has 6 aromatic rings. The number of benzene rings is 2. The highest BCUT2D eigenvalue weighted by Crippen LogP contribution is 2.46. The van der Waals surface area contributed by atoms with Crippen molar-refractivity contribution >= 4 is 49.6 Å². The second kappa shape index (κ2) is 10.8. The van der Waals surface area contributed by atoms with Gasteiger partial charge in [0.25, 0.3) is 5.91 Å². The van der Waals surface area contributed by atoms with E-state index in [1.807, 2.05) is 72.1 Å². The van der Waals surface area contributed by atoms with Crippen molar-refractivity contribution in [2.24, 2.45) is 0 Å². The third-order valence-electron chi connectivity index (χ3n) is 6.35. The van der Waals surface area contributed by atoms with Crippen LogP contribution >= 0.6 is 22.7 Å². The Morgan fingerprint density at radius 3 is 2.48 bits per heavy atom. The third-order valence-corrected chi connectivity index (χ3v) is 8.21. The normalized spacial score (nSPS) is 10.9. The number of nitrogens with one attached hydrogen (secondary N) is 1. The van der Waals surface area contributed by atoms with Gasteiger partial charge in [0, 0.05) is 45.4 Å². The van der Waals surface area contributed by atoms with Gasteiger partial charge in [-0.15, -0.1) is 22.7 Å². The van der Waals surface area contributed by atoms with Crippen LogP contribution in [0.4, 0.5) is 10.8 Å². The Hall–Kier alpha value is -4.80. The fraction of sp³-hybridized carbons (Fsp3) is 0.0667. The van der Waals surface area contributed by atoms with E-state index in [0.717, 1.165) is 33.6 Å². The van der Waals surface area contributed by atoms with Crippen LogP contribution in [0.25, 0.3) is 43.9 Å². The van der Waals surface area contributed by atoms with Gasteiger partial charge in [-0.1, -0.05) is 42.5 Å². The highest BCUT2D eigenvalue weighted by molar-refractivity contribution is 7.21. The fourth-order valence-electron chi connectivity index (χ4n) is 4.49. The van der Waals surface area contributed by atoms with Crippen molar-refractivity contribution in [2.45, 2.75) is 0 Å². The summed E-state index contributed by atoms with van der Waals surface area (Å²) >= 11 is 2.58. The smallest absolute Gasteiger partial charge is 0.269 e. The summed E-state index contributed by atoms with van der Waals surface area (Å²) in [6.45, 7) is 0. The maximum atomic E-state index is 13.5. The number of rotatable bonds is 7. The molecular weight excluding hydrogens is 542 g/mol. The summed E-state index contributed by atoms with van der Waals surface area (Å²) in [5.74, 6) is 0.808. The molecule has 198 valence electrons. The van der Waals surface area contributed by atoms with Gasteiger partial charge >= 0.3 is 0 Å². The number of para-hydroxylation sites is 1. The molecule has 0 saturated heterocycles. The van der Waals surface area contributed by atoms with E-state index in [1.165, 1.54) is 22.7 Å². The van der Waals surface area contributed by atoms with Gasteiger partial charge in [-0.2, -0.15) is 0 Å². The summed E-state index contributed by atoms with van der Waals surface area (Å²) in [6.07, 6.45) is 3.43. The number of aromatic nitrogens is 3. The van der Waals surface area contributed by atoms with Crippen LogP contribution in [-0.4, -0.2) is 35.1 Å². The first-order valence-electron chi connectivity index (χ1n) is 12.2. The predicted octanol–water partition coefficient (Wildman–Crippen LogP) is 7.00. The number of ether oxygens (including phenoxy) is 2. The summed E-state index contributed by atoms with van der Waals surface area (Å²) in [6, 6.07) is 21.3. The maximum Gasteiger partial charge on any atom is 0.269 e. The standard InChI is InChI=1S/C30H23N5O3S2/c1-37-23-12-6-11-19(26(23)38-2)20-14-21(17-8-4-3-5-9-17)33-29-24(20)25(31)27(40-29)28(36)35-30-34-22(16-39-30)18-10-7-13-32-15-18/h3-16H,31H2,1-2H3,(H,34,35,36). The van der Waals surface area contributed by atoms with Crippen LogP contribution < -0.4 is 20.5 Å². The van der Waals surface area contributed by atoms with Gasteiger partial charge in [-0.3, -0.25) is 15.1 Å². The Bertz CT molecular complexity index is 1840. The van der Waals surface area contributed by atoms with E-state index in [4.69, 9.17) is 20.2 Å². The number of nitrogens with zero attached hydrogens (tertiary/aromatic N) is 3. The van der Waals surface area contributed by atoms with Gasteiger partial charge in [-0.05, 0) is 24.3 Å². The molecule has 0 aliphatic heterocycles. The van der Waals surface area contributed by atoms with E-state index < -0.39 is 0 Å². The molecule has 0 fully saturated rings. The minimum Gasteiger partial charge on any atom is -0.493 e. The van der Waals surface area contributed by atoms with Crippen LogP contribution in [0.1, 0.15) is 9.67 Å². The van der Waals surface area contributed by atoms with Crippen LogP contribution in [-0.2, 0) is 0 Å². The number of nitrogen functional groups attached to an aromatic ring is 1. The zero-order valence-electron chi connectivity index (χ0n) is 21.5. The lowest BCUT2D eigenvalue weighted by molar-refractivity contribution is 0.103. The van der Waals surface area contributed by atoms with Crippen molar-refractivity contribution in [3.63, 3.8) is 0 Å². The van der Waals surface area contributed by atoms with Gasteiger partial charge in [0.05, 0.1) is 31.3 Å². The van der Waals surface area contributed by atoms with Crippen LogP contribution in [0, 0.1) is 0 Å². The molecule has 0 spiro atoms. The Kier molecular flexibility index (Phi) is 6.85. The van der Waals surface area contributed by atoms with Crippen molar-refractivity contribution in [1.82, 2.24) is 15.0 Å². The van der Waals surface area contributed by atoms with Gasteiger partial charge in [0.1, 0.15) is 9.71 Å². The number of nitrogens with two attached hydrogens (primary N) is 1. The number of hydrogen-bond donors (Lipinski definition) is 2. The van der Waals surface area contributed by atoms with Gasteiger partial charge in [-0.25, -0.2) is 9.97 Å². The molecule has 10 heteroatoms. The number of anilines is 2. The lowest BCUT2D eigenvalue weighted by Gasteiger charge is -2.15. The number of hydrogen-bond acceptors (Lipinski definition) is 9. The Labute approximate surface area is 238 Å². The number of amides is 1. The molecule has 40 heavy (non-hydrogen) atoms. The largest absolute Gasteiger partial charge is 0.493 e. The Morgan fingerprint density at radius 2 is 1.73 bits per heavy atom. The molecule has 1 amide bonds. The first-order valence-corrected chi connectivity index (χ1v) is 13.9. The predicted molar refractivity (Wildman–Crippen MR) is 161 cm³/mol.